The minimum atomic E-state index is -0.812. The fourth-order valence-electron chi connectivity index (χ4n) is 4.41. The van der Waals surface area contributed by atoms with Gasteiger partial charge in [0.2, 0.25) is 5.91 Å². The molecule has 3 N–H and O–H groups in total. The van der Waals surface area contributed by atoms with Crippen LogP contribution in [0.2, 0.25) is 0 Å². The molecule has 1 aromatic heterocycles. The van der Waals surface area contributed by atoms with Crippen molar-refractivity contribution in [2.24, 2.45) is 17.8 Å². The first kappa shape index (κ1) is 18.3. The fraction of sp³-hybridized carbons (Fsp3) is 0.381. The Bertz CT molecular complexity index is 955. The highest BCUT2D eigenvalue weighted by atomic mass is 16.4. The van der Waals surface area contributed by atoms with Crippen molar-refractivity contribution in [2.45, 2.75) is 32.1 Å². The van der Waals surface area contributed by atoms with Crippen molar-refractivity contribution >= 4 is 23.2 Å². The molecule has 1 heterocycles. The van der Waals surface area contributed by atoms with E-state index in [0.717, 1.165) is 25.0 Å². The summed E-state index contributed by atoms with van der Waals surface area (Å²) in [4.78, 5) is 36.2. The van der Waals surface area contributed by atoms with Crippen LogP contribution in [-0.2, 0) is 4.79 Å². The molecule has 0 radical (unpaired) electrons. The predicted molar refractivity (Wildman–Crippen MR) is 103 cm³/mol. The summed E-state index contributed by atoms with van der Waals surface area (Å²) >= 11 is 0. The van der Waals surface area contributed by atoms with Gasteiger partial charge in [-0.2, -0.15) is 0 Å². The van der Waals surface area contributed by atoms with Crippen LogP contribution in [0.1, 0.15) is 42.7 Å². The Morgan fingerprint density at radius 1 is 0.964 bits per heavy atom. The lowest BCUT2D eigenvalue weighted by atomic mass is 9.80. The number of fused-ring (bicyclic) bond motifs is 2. The van der Waals surface area contributed by atoms with Crippen molar-refractivity contribution < 1.29 is 19.1 Å². The highest BCUT2D eigenvalue weighted by Gasteiger charge is 2.37. The minimum Gasteiger partial charge on any atom is -0.508 e. The molecular formula is C21H22N2O5. The molecule has 1 aromatic carbocycles. The normalized spacial score (nSPS) is 23.2. The van der Waals surface area contributed by atoms with Crippen LogP contribution in [0.3, 0.4) is 0 Å². The molecule has 7 heteroatoms. The lowest BCUT2D eigenvalue weighted by Gasteiger charge is -2.26. The SMILES string of the molecule is O=C(Nc1cccc(NC(=O)C2CC3CCC(C3)C2)c1)c1cc(O)cc(=O)o1. The van der Waals surface area contributed by atoms with Crippen molar-refractivity contribution in [1.82, 2.24) is 0 Å². The molecule has 2 aliphatic carbocycles. The predicted octanol–water partition coefficient (Wildman–Crippen LogP) is 3.36. The molecule has 2 amide bonds. The van der Waals surface area contributed by atoms with Crippen molar-refractivity contribution in [3.63, 3.8) is 0 Å². The van der Waals surface area contributed by atoms with Crippen LogP contribution in [0, 0.1) is 17.8 Å². The zero-order valence-corrected chi connectivity index (χ0v) is 15.3. The maximum Gasteiger partial charge on any atom is 0.340 e. The van der Waals surface area contributed by atoms with E-state index in [0.29, 0.717) is 23.2 Å². The van der Waals surface area contributed by atoms with Gasteiger partial charge in [-0.15, -0.1) is 0 Å². The molecule has 2 saturated carbocycles. The number of hydrogen-bond acceptors (Lipinski definition) is 5. The Hall–Kier alpha value is -3.09. The second-order valence-electron chi connectivity index (χ2n) is 7.74. The van der Waals surface area contributed by atoms with E-state index in [2.05, 4.69) is 10.6 Å². The van der Waals surface area contributed by atoms with Crippen LogP contribution in [0.25, 0.3) is 0 Å². The Morgan fingerprint density at radius 2 is 1.64 bits per heavy atom. The van der Waals surface area contributed by atoms with Gasteiger partial charge >= 0.3 is 5.63 Å². The van der Waals surface area contributed by atoms with Crippen LogP contribution in [0.15, 0.2) is 45.6 Å². The standard InChI is InChI=1S/C21H22N2O5/c24-17-10-18(28-19(25)11-17)21(27)23-16-3-1-2-15(9-16)22-20(26)14-7-12-4-5-13(6-12)8-14/h1-3,9-14,24H,4-8H2,(H,22,26)(H,23,27). The number of aromatic hydroxyl groups is 1. The topological polar surface area (TPSA) is 109 Å². The summed E-state index contributed by atoms with van der Waals surface area (Å²) in [5.74, 6) is 0.126. The molecule has 0 saturated heterocycles. The molecule has 28 heavy (non-hydrogen) atoms. The highest BCUT2D eigenvalue weighted by molar-refractivity contribution is 6.03. The van der Waals surface area contributed by atoms with Gasteiger partial charge in [0.15, 0.2) is 5.76 Å². The van der Waals surface area contributed by atoms with Gasteiger partial charge in [-0.3, -0.25) is 9.59 Å². The summed E-state index contributed by atoms with van der Waals surface area (Å²) in [6.07, 6.45) is 5.64. The molecule has 2 aromatic rings. The number of hydrogen-bond donors (Lipinski definition) is 3. The maximum absolute atomic E-state index is 12.6. The summed E-state index contributed by atoms with van der Waals surface area (Å²) in [5.41, 5.74) is 0.225. The molecule has 2 bridgehead atoms. The fourth-order valence-corrected chi connectivity index (χ4v) is 4.41. The smallest absolute Gasteiger partial charge is 0.340 e. The second-order valence-corrected chi connectivity index (χ2v) is 7.74. The Morgan fingerprint density at radius 3 is 2.32 bits per heavy atom. The molecule has 2 aliphatic rings. The number of carbonyl (C=O) groups excluding carboxylic acids is 2. The van der Waals surface area contributed by atoms with Crippen molar-refractivity contribution in [3.8, 4) is 5.75 Å². The van der Waals surface area contributed by atoms with Gasteiger partial charge in [-0.05, 0) is 49.3 Å². The minimum absolute atomic E-state index is 0.0269. The van der Waals surface area contributed by atoms with Gasteiger partial charge in [0.05, 0.1) is 6.07 Å². The number of anilines is 2. The Labute approximate surface area is 161 Å². The van der Waals surface area contributed by atoms with E-state index in [9.17, 15) is 19.5 Å². The summed E-state index contributed by atoms with van der Waals surface area (Å²) in [6, 6.07) is 8.74. The van der Waals surface area contributed by atoms with Crippen LogP contribution >= 0.6 is 0 Å². The number of carbonyl (C=O) groups is 2. The van der Waals surface area contributed by atoms with E-state index in [4.69, 9.17) is 4.42 Å². The van der Waals surface area contributed by atoms with E-state index in [1.807, 2.05) is 0 Å². The van der Waals surface area contributed by atoms with E-state index in [1.165, 1.54) is 19.3 Å². The molecule has 2 atom stereocenters. The van der Waals surface area contributed by atoms with Crippen LogP contribution in [-0.4, -0.2) is 16.9 Å². The molecule has 146 valence electrons. The third kappa shape index (κ3) is 4.08. The highest BCUT2D eigenvalue weighted by Crippen LogP contribution is 2.44. The molecule has 0 spiro atoms. The third-order valence-electron chi connectivity index (χ3n) is 5.62. The van der Waals surface area contributed by atoms with E-state index in [1.54, 1.807) is 24.3 Å². The molecule has 7 nitrogen and oxygen atoms in total. The van der Waals surface area contributed by atoms with Gasteiger partial charge in [-0.25, -0.2) is 4.79 Å². The van der Waals surface area contributed by atoms with E-state index >= 15 is 0 Å². The second kappa shape index (κ2) is 7.50. The molecule has 0 aliphatic heterocycles. The molecular weight excluding hydrogens is 360 g/mol. The maximum atomic E-state index is 12.6. The molecule has 2 fully saturated rings. The average Bonchev–Trinajstić information content (AvgIpc) is 2.99. The lowest BCUT2D eigenvalue weighted by Crippen LogP contribution is -2.28. The monoisotopic (exact) mass is 382 g/mol. The first-order chi connectivity index (χ1) is 13.5. The number of amides is 2. The van der Waals surface area contributed by atoms with Crippen molar-refractivity contribution in [1.29, 1.82) is 0 Å². The van der Waals surface area contributed by atoms with Gasteiger partial charge in [0, 0.05) is 23.4 Å². The number of nitrogens with one attached hydrogen (secondary N) is 2. The van der Waals surface area contributed by atoms with E-state index in [-0.39, 0.29) is 23.3 Å². The Kier molecular flexibility index (Phi) is 4.90. The van der Waals surface area contributed by atoms with Gasteiger partial charge < -0.3 is 20.2 Å². The lowest BCUT2D eigenvalue weighted by molar-refractivity contribution is -0.121. The quantitative estimate of drug-likeness (QED) is 0.751. The zero-order valence-electron chi connectivity index (χ0n) is 15.3. The number of rotatable bonds is 4. The van der Waals surface area contributed by atoms with Crippen LogP contribution in [0.5, 0.6) is 5.75 Å². The average molecular weight is 382 g/mol. The van der Waals surface area contributed by atoms with Gasteiger partial charge in [0.25, 0.3) is 5.91 Å². The van der Waals surface area contributed by atoms with Crippen LogP contribution in [0.4, 0.5) is 11.4 Å². The summed E-state index contributed by atoms with van der Waals surface area (Å²) < 4.78 is 4.79. The first-order valence-corrected chi connectivity index (χ1v) is 9.52. The summed E-state index contributed by atoms with van der Waals surface area (Å²) in [5, 5.41) is 15.0. The Balaban J connectivity index is 1.42. The summed E-state index contributed by atoms with van der Waals surface area (Å²) in [6.45, 7) is 0. The van der Waals surface area contributed by atoms with E-state index < -0.39 is 11.5 Å². The molecule has 2 unspecified atom stereocenters. The van der Waals surface area contributed by atoms with Crippen molar-refractivity contribution in [2.75, 3.05) is 10.6 Å². The van der Waals surface area contributed by atoms with Gasteiger partial charge in [0.1, 0.15) is 5.75 Å². The summed E-state index contributed by atoms with van der Waals surface area (Å²) in [7, 11) is 0. The largest absolute Gasteiger partial charge is 0.508 e. The third-order valence-corrected chi connectivity index (χ3v) is 5.62. The molecule has 4 rings (SSSR count). The zero-order chi connectivity index (χ0) is 19.7. The van der Waals surface area contributed by atoms with Crippen molar-refractivity contribution in [3.05, 3.63) is 52.6 Å². The van der Waals surface area contributed by atoms with Gasteiger partial charge in [-0.1, -0.05) is 18.9 Å². The first-order valence-electron chi connectivity index (χ1n) is 9.52. The van der Waals surface area contributed by atoms with Crippen LogP contribution < -0.4 is 16.3 Å². The number of benzene rings is 1.